The predicted molar refractivity (Wildman–Crippen MR) is 122 cm³/mol. The molecule has 0 aliphatic carbocycles. The summed E-state index contributed by atoms with van der Waals surface area (Å²) in [6.07, 6.45) is 5.77. The normalized spacial score (nSPS) is 21.6. The van der Waals surface area contributed by atoms with E-state index >= 15 is 0 Å². The lowest BCUT2D eigenvalue weighted by atomic mass is 10.1. The third-order valence-electron chi connectivity index (χ3n) is 5.76. The first-order valence-electron chi connectivity index (χ1n) is 10.5. The Morgan fingerprint density at radius 2 is 2.23 bits per heavy atom. The first-order chi connectivity index (χ1) is 15.2. The highest BCUT2D eigenvalue weighted by molar-refractivity contribution is 7.98. The van der Waals surface area contributed by atoms with E-state index in [1.54, 1.807) is 6.20 Å². The van der Waals surface area contributed by atoms with Crippen LogP contribution in [0.5, 0.6) is 0 Å². The van der Waals surface area contributed by atoms with Crippen LogP contribution >= 0.6 is 11.8 Å². The molecular weight excluding hydrogens is 414 g/mol. The zero-order valence-corrected chi connectivity index (χ0v) is 18.4. The van der Waals surface area contributed by atoms with Gasteiger partial charge in [-0.1, -0.05) is 17.8 Å². The first kappa shape index (κ1) is 19.9. The van der Waals surface area contributed by atoms with Gasteiger partial charge in [0.1, 0.15) is 11.4 Å². The number of rotatable bonds is 4. The van der Waals surface area contributed by atoms with Crippen molar-refractivity contribution in [2.24, 2.45) is 4.99 Å². The third kappa shape index (κ3) is 3.65. The van der Waals surface area contributed by atoms with E-state index in [-0.39, 0.29) is 11.9 Å². The van der Waals surface area contributed by atoms with Crippen molar-refractivity contribution in [3.8, 4) is 0 Å². The molecule has 2 aromatic rings. The molecule has 1 aromatic heterocycles. The van der Waals surface area contributed by atoms with E-state index in [4.69, 9.17) is 9.72 Å². The Balaban J connectivity index is 1.49. The van der Waals surface area contributed by atoms with Crippen molar-refractivity contribution in [1.29, 1.82) is 0 Å². The number of aromatic nitrogens is 2. The molecule has 10 heteroatoms. The average molecular weight is 440 g/mol. The van der Waals surface area contributed by atoms with Crippen LogP contribution < -0.4 is 20.2 Å². The van der Waals surface area contributed by atoms with Crippen LogP contribution in [0, 0.1) is 0 Å². The fourth-order valence-electron chi connectivity index (χ4n) is 4.29. The second kappa shape index (κ2) is 8.26. The number of amidine groups is 1. The summed E-state index contributed by atoms with van der Waals surface area (Å²) >= 11 is 1.49. The Labute approximate surface area is 185 Å². The van der Waals surface area contributed by atoms with Crippen LogP contribution in [0.1, 0.15) is 30.1 Å². The summed E-state index contributed by atoms with van der Waals surface area (Å²) in [6, 6.07) is 8.68. The van der Waals surface area contributed by atoms with Gasteiger partial charge in [0, 0.05) is 37.6 Å². The number of amides is 1. The van der Waals surface area contributed by atoms with Gasteiger partial charge in [-0.3, -0.25) is 4.79 Å². The smallest absolute Gasteiger partial charge is 0.305 e. The zero-order valence-electron chi connectivity index (χ0n) is 17.6. The van der Waals surface area contributed by atoms with Crippen LogP contribution in [0.4, 0.5) is 17.2 Å². The van der Waals surface area contributed by atoms with Gasteiger partial charge in [0.25, 0.3) is 5.91 Å². The van der Waals surface area contributed by atoms with Gasteiger partial charge in [0.15, 0.2) is 11.9 Å². The molecule has 1 atom stereocenters. The highest BCUT2D eigenvalue weighted by Gasteiger charge is 2.37. The summed E-state index contributed by atoms with van der Waals surface area (Å²) in [5.74, 6) is 0.702. The molecule has 9 nitrogen and oxygen atoms in total. The maximum atomic E-state index is 13.6. The highest BCUT2D eigenvalue weighted by Crippen LogP contribution is 2.35. The zero-order chi connectivity index (χ0) is 21.4. The third-order valence-corrected chi connectivity index (χ3v) is 6.32. The van der Waals surface area contributed by atoms with Crippen LogP contribution in [0.15, 0.2) is 40.6 Å². The largest absolute Gasteiger partial charge is 0.441 e. The van der Waals surface area contributed by atoms with Crippen LogP contribution in [0.25, 0.3) is 0 Å². The van der Waals surface area contributed by atoms with Gasteiger partial charge in [-0.05, 0) is 44.2 Å². The number of fused-ring (bicyclic) bond motifs is 3. The van der Waals surface area contributed by atoms with Crippen molar-refractivity contribution in [3.63, 3.8) is 0 Å². The summed E-state index contributed by atoms with van der Waals surface area (Å²) in [7, 11) is 0. The van der Waals surface area contributed by atoms with Gasteiger partial charge in [-0.2, -0.15) is 0 Å². The van der Waals surface area contributed by atoms with E-state index in [2.05, 4.69) is 20.3 Å². The maximum Gasteiger partial charge on any atom is 0.305 e. The van der Waals surface area contributed by atoms with Crippen molar-refractivity contribution in [1.82, 2.24) is 15.4 Å². The van der Waals surface area contributed by atoms with Gasteiger partial charge < -0.3 is 14.5 Å². The molecule has 2 saturated heterocycles. The second-order valence-electron chi connectivity index (χ2n) is 7.61. The first-order valence-corrected chi connectivity index (χ1v) is 11.7. The van der Waals surface area contributed by atoms with Crippen LogP contribution in [-0.4, -0.2) is 60.6 Å². The molecule has 1 amide bonds. The fraction of sp³-hybridized carbons (Fsp3) is 0.429. The number of carbonyl (C=O) groups excluding carboxylic acids is 1. The predicted octanol–water partition coefficient (Wildman–Crippen LogP) is 2.50. The minimum atomic E-state index is -0.0620. The number of thioether (sulfide) groups is 1. The lowest BCUT2D eigenvalue weighted by molar-refractivity contribution is 0.0988. The summed E-state index contributed by atoms with van der Waals surface area (Å²) < 4.78 is 5.57. The number of hydrogen-bond acceptors (Lipinski definition) is 8. The lowest BCUT2D eigenvalue weighted by Crippen LogP contribution is -2.40. The molecule has 1 N–H and O–H groups in total. The van der Waals surface area contributed by atoms with E-state index in [0.717, 1.165) is 36.6 Å². The molecule has 5 rings (SSSR count). The number of aliphatic imine (C=N–C) groups is 1. The molecule has 0 radical (unpaired) electrons. The average Bonchev–Trinajstić information content (AvgIpc) is 3.44. The molecular formula is C21H25N7O2S. The second-order valence-corrected chi connectivity index (χ2v) is 8.39. The van der Waals surface area contributed by atoms with Crippen LogP contribution in [-0.2, 0) is 4.74 Å². The number of hydrazine groups is 1. The molecule has 1 aromatic carbocycles. The number of nitrogens with one attached hydrogen (secondary N) is 1. The van der Waals surface area contributed by atoms with Gasteiger partial charge in [-0.25, -0.2) is 25.4 Å². The van der Waals surface area contributed by atoms with Gasteiger partial charge in [-0.15, -0.1) is 0 Å². The summed E-state index contributed by atoms with van der Waals surface area (Å²) in [5.41, 5.74) is 5.47. The number of benzene rings is 1. The van der Waals surface area contributed by atoms with E-state index < -0.39 is 0 Å². The Hall–Kier alpha value is -3.01. The Bertz CT molecular complexity index is 1030. The molecule has 2 fully saturated rings. The highest BCUT2D eigenvalue weighted by atomic mass is 32.2. The SMILES string of the molecule is CCN=C1NN(c2cccc(N3CC4CCCN4c4nc(SC)ncc4C3=O)c2)CO1. The van der Waals surface area contributed by atoms with E-state index in [1.165, 1.54) is 11.8 Å². The minimum Gasteiger partial charge on any atom is -0.441 e. The molecule has 0 saturated carbocycles. The minimum absolute atomic E-state index is 0.0620. The van der Waals surface area contributed by atoms with E-state index in [1.807, 2.05) is 47.4 Å². The Morgan fingerprint density at radius 3 is 3.06 bits per heavy atom. The van der Waals surface area contributed by atoms with Crippen molar-refractivity contribution >= 4 is 40.9 Å². The molecule has 1 unspecified atom stereocenters. The van der Waals surface area contributed by atoms with Gasteiger partial charge in [0.2, 0.25) is 0 Å². The number of ether oxygens (including phenoxy) is 1. The molecule has 162 valence electrons. The monoisotopic (exact) mass is 439 g/mol. The van der Waals surface area contributed by atoms with Crippen LogP contribution in [0.3, 0.4) is 0 Å². The molecule has 0 bridgehead atoms. The summed E-state index contributed by atoms with van der Waals surface area (Å²) in [6.45, 7) is 4.51. The molecule has 3 aliphatic heterocycles. The number of carbonyl (C=O) groups is 1. The molecule has 3 aliphatic rings. The van der Waals surface area contributed by atoms with Crippen molar-refractivity contribution in [2.75, 3.05) is 47.4 Å². The van der Waals surface area contributed by atoms with E-state index in [9.17, 15) is 4.79 Å². The van der Waals surface area contributed by atoms with E-state index in [0.29, 0.717) is 36.6 Å². The molecule has 4 heterocycles. The Kier molecular flexibility index (Phi) is 5.31. The maximum absolute atomic E-state index is 13.6. The Morgan fingerprint density at radius 1 is 1.35 bits per heavy atom. The topological polar surface area (TPSA) is 86.2 Å². The molecule has 0 spiro atoms. The van der Waals surface area contributed by atoms with Crippen molar-refractivity contribution in [2.45, 2.75) is 31.0 Å². The summed E-state index contributed by atoms with van der Waals surface area (Å²) in [5, 5.41) is 2.57. The summed E-state index contributed by atoms with van der Waals surface area (Å²) in [4.78, 5) is 31.1. The molecule has 31 heavy (non-hydrogen) atoms. The van der Waals surface area contributed by atoms with Gasteiger partial charge >= 0.3 is 6.02 Å². The quantitative estimate of drug-likeness (QED) is 0.575. The standard InChI is InChI=1S/C21H25N7O2S/c1-3-22-20-25-28(13-30-20)15-7-4-6-14(10-15)27-12-16-8-5-9-26(16)18-17(19(27)29)11-23-21(24-18)31-2/h4,6-7,10-11,16H,3,5,8-9,12-13H2,1-2H3,(H,22,25). The van der Waals surface area contributed by atoms with Crippen molar-refractivity contribution in [3.05, 3.63) is 36.0 Å². The van der Waals surface area contributed by atoms with Crippen LogP contribution in [0.2, 0.25) is 0 Å². The number of nitrogens with zero attached hydrogens (tertiary/aromatic N) is 6. The lowest BCUT2D eigenvalue weighted by Gasteiger charge is -2.27. The van der Waals surface area contributed by atoms with Crippen molar-refractivity contribution < 1.29 is 9.53 Å². The fourth-order valence-corrected chi connectivity index (χ4v) is 4.63. The van der Waals surface area contributed by atoms with Gasteiger partial charge in [0.05, 0.1) is 5.69 Å². The number of anilines is 3. The number of hydrogen-bond donors (Lipinski definition) is 1.